The monoisotopic (exact) mass is 356 g/mol. The number of benzene rings is 2. The van der Waals surface area contributed by atoms with Gasteiger partial charge in [0.05, 0.1) is 4.90 Å². The highest BCUT2D eigenvalue weighted by atomic mass is 32.2. The second-order valence-corrected chi connectivity index (χ2v) is 8.12. The van der Waals surface area contributed by atoms with Crippen LogP contribution in [0.1, 0.15) is 30.5 Å². The van der Waals surface area contributed by atoms with Gasteiger partial charge in [-0.05, 0) is 44.5 Å². The number of hydrogen-bond acceptors (Lipinski definition) is 3. The first-order valence-corrected chi connectivity index (χ1v) is 9.45. The summed E-state index contributed by atoms with van der Waals surface area (Å²) >= 11 is 0. The van der Waals surface area contributed by atoms with Gasteiger partial charge in [-0.2, -0.15) is 0 Å². The first kappa shape index (κ1) is 17.4. The van der Waals surface area contributed by atoms with Crippen molar-refractivity contribution in [3.8, 4) is 0 Å². The molecule has 0 atom stereocenters. The van der Waals surface area contributed by atoms with Crippen molar-refractivity contribution < 1.29 is 13.2 Å². The molecule has 2 N–H and O–H groups in total. The van der Waals surface area contributed by atoms with Crippen molar-refractivity contribution in [2.75, 3.05) is 5.32 Å². The predicted octanol–water partition coefficient (Wildman–Crippen LogP) is 3.22. The number of sulfonamides is 1. The van der Waals surface area contributed by atoms with Crippen LogP contribution < -0.4 is 10.0 Å². The Morgan fingerprint density at radius 2 is 1.88 bits per heavy atom. The minimum absolute atomic E-state index is 0.147. The fraction of sp³-hybridized carbons (Fsp3) is 0.211. The van der Waals surface area contributed by atoms with Crippen molar-refractivity contribution >= 4 is 27.2 Å². The fourth-order valence-corrected chi connectivity index (χ4v) is 3.94. The van der Waals surface area contributed by atoms with E-state index in [1.54, 1.807) is 12.1 Å². The Balaban J connectivity index is 1.89. The second-order valence-electron chi connectivity index (χ2n) is 6.35. The van der Waals surface area contributed by atoms with Crippen molar-refractivity contribution in [2.45, 2.75) is 32.2 Å². The Labute approximate surface area is 147 Å². The summed E-state index contributed by atoms with van der Waals surface area (Å²) in [5.41, 5.74) is 4.62. The highest BCUT2D eigenvalue weighted by molar-refractivity contribution is 7.89. The highest BCUT2D eigenvalue weighted by Crippen LogP contribution is 2.35. The molecule has 2 aromatic rings. The average molecular weight is 356 g/mol. The second kappa shape index (κ2) is 6.46. The molecule has 0 radical (unpaired) electrons. The summed E-state index contributed by atoms with van der Waals surface area (Å²) in [7, 11) is -3.67. The van der Waals surface area contributed by atoms with Crippen LogP contribution in [0.2, 0.25) is 0 Å². The van der Waals surface area contributed by atoms with E-state index in [-0.39, 0.29) is 17.3 Å². The molecule has 1 amide bonds. The van der Waals surface area contributed by atoms with Crippen molar-refractivity contribution in [3.63, 3.8) is 0 Å². The van der Waals surface area contributed by atoms with Crippen LogP contribution in [0, 0.1) is 6.92 Å². The van der Waals surface area contributed by atoms with Crippen LogP contribution in [0.5, 0.6) is 0 Å². The number of carbonyl (C=O) groups excluding carboxylic acids is 1. The van der Waals surface area contributed by atoms with E-state index < -0.39 is 10.0 Å². The van der Waals surface area contributed by atoms with Gasteiger partial charge in [-0.3, -0.25) is 4.79 Å². The van der Waals surface area contributed by atoms with Crippen LogP contribution >= 0.6 is 0 Å². The first-order chi connectivity index (χ1) is 11.8. The van der Waals surface area contributed by atoms with Gasteiger partial charge in [0.15, 0.2) is 0 Å². The largest absolute Gasteiger partial charge is 0.321 e. The van der Waals surface area contributed by atoms with Gasteiger partial charge >= 0.3 is 0 Å². The number of anilines is 1. The van der Waals surface area contributed by atoms with Crippen molar-refractivity contribution in [1.29, 1.82) is 0 Å². The lowest BCUT2D eigenvalue weighted by Gasteiger charge is -2.09. The number of amides is 1. The Kier molecular flexibility index (Phi) is 4.49. The molecule has 1 heterocycles. The third kappa shape index (κ3) is 3.50. The fourth-order valence-electron chi connectivity index (χ4n) is 2.89. The average Bonchev–Trinajstić information content (AvgIpc) is 2.88. The molecular formula is C19H20N2O3S. The summed E-state index contributed by atoms with van der Waals surface area (Å²) in [6, 6.07) is 12.4. The van der Waals surface area contributed by atoms with Crippen molar-refractivity contribution in [1.82, 2.24) is 4.72 Å². The van der Waals surface area contributed by atoms with E-state index in [1.807, 2.05) is 45.0 Å². The zero-order valence-electron chi connectivity index (χ0n) is 14.4. The standard InChI is InChI=1S/C19H20N2O3S/c1-12(2)18-16-10-15(7-8-17(16)21-19(18)22)25(23,24)20-11-14-6-4-5-13(3)9-14/h4-10,20H,11H2,1-3H3,(H,21,22). The Hall–Kier alpha value is -2.44. The molecule has 0 bridgehead atoms. The molecule has 0 saturated heterocycles. The molecule has 0 saturated carbocycles. The zero-order valence-corrected chi connectivity index (χ0v) is 15.2. The first-order valence-electron chi connectivity index (χ1n) is 7.96. The topological polar surface area (TPSA) is 75.3 Å². The van der Waals surface area contributed by atoms with E-state index in [9.17, 15) is 13.2 Å². The Morgan fingerprint density at radius 3 is 2.56 bits per heavy atom. The summed E-state index contributed by atoms with van der Waals surface area (Å²) in [6.45, 7) is 5.85. The van der Waals surface area contributed by atoms with E-state index in [1.165, 1.54) is 6.07 Å². The molecule has 5 nitrogen and oxygen atoms in total. The molecule has 2 aromatic carbocycles. The number of hydrogen-bond donors (Lipinski definition) is 2. The molecule has 0 unspecified atom stereocenters. The van der Waals surface area contributed by atoms with E-state index in [2.05, 4.69) is 10.0 Å². The molecule has 0 aliphatic carbocycles. The van der Waals surface area contributed by atoms with Crippen LogP contribution in [0.3, 0.4) is 0 Å². The summed E-state index contributed by atoms with van der Waals surface area (Å²) in [5, 5.41) is 2.76. The summed E-state index contributed by atoms with van der Waals surface area (Å²) in [6.07, 6.45) is 0. The van der Waals surface area contributed by atoms with Crippen LogP contribution in [0.15, 0.2) is 52.9 Å². The molecule has 0 fully saturated rings. The number of nitrogens with one attached hydrogen (secondary N) is 2. The van der Waals surface area contributed by atoms with Crippen LogP contribution in [-0.2, 0) is 21.4 Å². The van der Waals surface area contributed by atoms with E-state index in [4.69, 9.17) is 0 Å². The molecule has 0 spiro atoms. The molecule has 1 aliphatic heterocycles. The predicted molar refractivity (Wildman–Crippen MR) is 98.5 cm³/mol. The van der Waals surface area contributed by atoms with Crippen molar-refractivity contribution in [3.05, 3.63) is 64.7 Å². The number of fused-ring (bicyclic) bond motifs is 1. The Morgan fingerprint density at radius 1 is 1.12 bits per heavy atom. The lowest BCUT2D eigenvalue weighted by atomic mass is 10.0. The van der Waals surface area contributed by atoms with Crippen molar-refractivity contribution in [2.24, 2.45) is 0 Å². The Bertz CT molecular complexity index is 987. The maximum Gasteiger partial charge on any atom is 0.256 e. The lowest BCUT2D eigenvalue weighted by molar-refractivity contribution is -0.110. The van der Waals surface area contributed by atoms with Gasteiger partial charge in [0.25, 0.3) is 5.91 Å². The normalized spacial score (nSPS) is 13.6. The number of rotatable bonds is 4. The molecule has 0 aromatic heterocycles. The highest BCUT2D eigenvalue weighted by Gasteiger charge is 2.27. The smallest absolute Gasteiger partial charge is 0.256 e. The molecular weight excluding hydrogens is 336 g/mol. The SMILES string of the molecule is CC(C)=C1C(=O)Nc2ccc(S(=O)(=O)NCc3cccc(C)c3)cc21. The van der Waals surface area contributed by atoms with Gasteiger partial charge in [0, 0.05) is 23.4 Å². The molecule has 25 heavy (non-hydrogen) atoms. The summed E-state index contributed by atoms with van der Waals surface area (Å²) in [5.74, 6) is -0.197. The van der Waals surface area contributed by atoms with Gasteiger partial charge in [-0.25, -0.2) is 13.1 Å². The van der Waals surface area contributed by atoms with Gasteiger partial charge in [-0.1, -0.05) is 35.4 Å². The van der Waals surface area contributed by atoms with Gasteiger partial charge in [0.2, 0.25) is 10.0 Å². The van der Waals surface area contributed by atoms with E-state index >= 15 is 0 Å². The number of carbonyl (C=O) groups is 1. The maximum atomic E-state index is 12.6. The minimum atomic E-state index is -3.67. The number of allylic oxidation sites excluding steroid dienone is 1. The minimum Gasteiger partial charge on any atom is -0.321 e. The summed E-state index contributed by atoms with van der Waals surface area (Å²) < 4.78 is 27.8. The molecule has 3 rings (SSSR count). The molecule has 1 aliphatic rings. The molecule has 6 heteroatoms. The third-order valence-electron chi connectivity index (χ3n) is 4.09. The van der Waals surface area contributed by atoms with Crippen LogP contribution in [0.25, 0.3) is 5.57 Å². The van der Waals surface area contributed by atoms with Gasteiger partial charge < -0.3 is 5.32 Å². The van der Waals surface area contributed by atoms with Gasteiger partial charge in [0.1, 0.15) is 0 Å². The lowest BCUT2D eigenvalue weighted by Crippen LogP contribution is -2.23. The van der Waals surface area contributed by atoms with Crippen LogP contribution in [0.4, 0.5) is 5.69 Å². The van der Waals surface area contributed by atoms with Crippen LogP contribution in [-0.4, -0.2) is 14.3 Å². The molecule has 130 valence electrons. The van der Waals surface area contributed by atoms with E-state index in [0.29, 0.717) is 16.8 Å². The zero-order chi connectivity index (χ0) is 18.2. The van der Waals surface area contributed by atoms with Gasteiger partial charge in [-0.15, -0.1) is 0 Å². The van der Waals surface area contributed by atoms with E-state index in [0.717, 1.165) is 16.7 Å². The third-order valence-corrected chi connectivity index (χ3v) is 5.49. The number of aryl methyl sites for hydroxylation is 1. The quantitative estimate of drug-likeness (QED) is 0.826. The summed E-state index contributed by atoms with van der Waals surface area (Å²) in [4.78, 5) is 12.2. The maximum absolute atomic E-state index is 12.6.